The van der Waals surface area contributed by atoms with Crippen molar-refractivity contribution in [2.24, 2.45) is 7.05 Å². The highest BCUT2D eigenvalue weighted by Gasteiger charge is 2.23. The van der Waals surface area contributed by atoms with E-state index in [0.29, 0.717) is 0 Å². The highest BCUT2D eigenvalue weighted by atomic mass is 15.1. The molecule has 4 aromatic rings. The van der Waals surface area contributed by atoms with E-state index in [1.807, 2.05) is 0 Å². The predicted octanol–water partition coefficient (Wildman–Crippen LogP) is 4.84. The standard InChI is InChI=1S/C22H23N2/c1-14-10-11-19-18-8-6-7-9-20(18)24(22(19)17(14)4)21-12-15(2)16(3)13-23(21)5/h6-13H,1-5H3/q+1. The van der Waals surface area contributed by atoms with E-state index in [0.717, 1.165) is 0 Å². The van der Waals surface area contributed by atoms with Crippen LogP contribution in [0.1, 0.15) is 22.3 Å². The Kier molecular flexibility index (Phi) is 3.24. The van der Waals surface area contributed by atoms with Crippen molar-refractivity contribution in [2.45, 2.75) is 27.7 Å². The molecular weight excluding hydrogens is 292 g/mol. The first-order valence-electron chi connectivity index (χ1n) is 8.45. The summed E-state index contributed by atoms with van der Waals surface area (Å²) >= 11 is 0. The number of benzene rings is 2. The Balaban J connectivity index is 2.26. The van der Waals surface area contributed by atoms with Crippen LogP contribution in [0, 0.1) is 27.7 Å². The van der Waals surface area contributed by atoms with Crippen molar-refractivity contribution in [1.29, 1.82) is 0 Å². The second-order valence-corrected chi connectivity index (χ2v) is 6.86. The maximum absolute atomic E-state index is 2.42. The molecule has 0 atom stereocenters. The Bertz CT molecular complexity index is 1100. The van der Waals surface area contributed by atoms with Gasteiger partial charge in [0.25, 0.3) is 5.82 Å². The molecule has 0 aliphatic rings. The zero-order chi connectivity index (χ0) is 17.0. The molecule has 0 amide bonds. The maximum atomic E-state index is 2.42. The zero-order valence-electron chi connectivity index (χ0n) is 15.0. The van der Waals surface area contributed by atoms with Crippen molar-refractivity contribution in [1.82, 2.24) is 4.57 Å². The number of hydrogen-bond donors (Lipinski definition) is 0. The molecule has 0 aliphatic carbocycles. The van der Waals surface area contributed by atoms with Gasteiger partial charge in [-0.1, -0.05) is 18.2 Å². The van der Waals surface area contributed by atoms with Crippen molar-refractivity contribution >= 4 is 21.8 Å². The molecule has 2 nitrogen and oxygen atoms in total. The number of nitrogens with zero attached hydrogens (tertiary/aromatic N) is 2. The van der Waals surface area contributed by atoms with E-state index in [-0.39, 0.29) is 0 Å². The molecule has 0 radical (unpaired) electrons. The molecule has 0 unspecified atom stereocenters. The first-order chi connectivity index (χ1) is 11.5. The van der Waals surface area contributed by atoms with E-state index in [1.165, 1.54) is 49.9 Å². The van der Waals surface area contributed by atoms with E-state index in [4.69, 9.17) is 0 Å². The van der Waals surface area contributed by atoms with Crippen molar-refractivity contribution in [3.05, 3.63) is 70.9 Å². The number of fused-ring (bicyclic) bond motifs is 3. The molecule has 2 aromatic carbocycles. The Hall–Kier alpha value is -2.61. The molecule has 0 saturated heterocycles. The van der Waals surface area contributed by atoms with Gasteiger partial charge in [-0.15, -0.1) is 0 Å². The lowest BCUT2D eigenvalue weighted by atomic mass is 10.1. The van der Waals surface area contributed by atoms with Crippen LogP contribution in [0.2, 0.25) is 0 Å². The molecular formula is C22H23N2+. The second kappa shape index (κ2) is 5.20. The fraction of sp³-hybridized carbons (Fsp3) is 0.227. The average Bonchev–Trinajstić information content (AvgIpc) is 2.89. The third-order valence-electron chi connectivity index (χ3n) is 5.31. The van der Waals surface area contributed by atoms with Crippen LogP contribution < -0.4 is 4.57 Å². The molecule has 0 saturated carbocycles. The third-order valence-corrected chi connectivity index (χ3v) is 5.31. The molecule has 120 valence electrons. The van der Waals surface area contributed by atoms with Gasteiger partial charge in [0.15, 0.2) is 0 Å². The van der Waals surface area contributed by atoms with Crippen molar-refractivity contribution in [3.63, 3.8) is 0 Å². The highest BCUT2D eigenvalue weighted by molar-refractivity contribution is 6.10. The van der Waals surface area contributed by atoms with Gasteiger partial charge in [-0.25, -0.2) is 4.57 Å². The SMILES string of the molecule is Cc1cc(-n2c3ccccc3c3ccc(C)c(C)c32)[n+](C)cc1C. The van der Waals surface area contributed by atoms with E-state index in [9.17, 15) is 0 Å². The van der Waals surface area contributed by atoms with Crippen LogP contribution in [0.5, 0.6) is 0 Å². The maximum Gasteiger partial charge on any atom is 0.286 e. The van der Waals surface area contributed by atoms with Gasteiger partial charge in [-0.05, 0) is 68.1 Å². The lowest BCUT2D eigenvalue weighted by molar-refractivity contribution is -0.665. The third kappa shape index (κ3) is 1.99. The van der Waals surface area contributed by atoms with E-state index in [2.05, 4.69) is 92.5 Å². The molecule has 4 rings (SSSR count). The Labute approximate surface area is 143 Å². The Morgan fingerprint density at radius 2 is 1.54 bits per heavy atom. The molecule has 2 heteroatoms. The van der Waals surface area contributed by atoms with Gasteiger partial charge in [0.1, 0.15) is 11.0 Å². The number of aromatic nitrogens is 2. The highest BCUT2D eigenvalue weighted by Crippen LogP contribution is 2.34. The van der Waals surface area contributed by atoms with Gasteiger partial charge in [-0.2, -0.15) is 4.57 Å². The van der Waals surface area contributed by atoms with Crippen LogP contribution in [0.4, 0.5) is 0 Å². The van der Waals surface area contributed by atoms with Crippen molar-refractivity contribution in [2.75, 3.05) is 0 Å². The second-order valence-electron chi connectivity index (χ2n) is 6.86. The molecule has 0 N–H and O–H groups in total. The van der Waals surface area contributed by atoms with Gasteiger partial charge in [-0.3, -0.25) is 0 Å². The minimum absolute atomic E-state index is 1.21. The van der Waals surface area contributed by atoms with Gasteiger partial charge < -0.3 is 0 Å². The first kappa shape index (κ1) is 14.9. The molecule has 0 spiro atoms. The molecule has 0 aliphatic heterocycles. The number of pyridine rings is 1. The molecule has 2 heterocycles. The van der Waals surface area contributed by atoms with Crippen LogP contribution in [0.15, 0.2) is 48.7 Å². The van der Waals surface area contributed by atoms with Gasteiger partial charge in [0, 0.05) is 16.8 Å². The van der Waals surface area contributed by atoms with Crippen LogP contribution in [0.25, 0.3) is 27.6 Å². The summed E-state index contributed by atoms with van der Waals surface area (Å²) < 4.78 is 4.65. The normalized spacial score (nSPS) is 11.5. The predicted molar refractivity (Wildman–Crippen MR) is 101 cm³/mol. The lowest BCUT2D eigenvalue weighted by Crippen LogP contribution is -2.34. The summed E-state index contributed by atoms with van der Waals surface area (Å²) in [5.41, 5.74) is 7.89. The number of aryl methyl sites for hydroxylation is 5. The summed E-state index contributed by atoms with van der Waals surface area (Å²) in [5.74, 6) is 1.21. The van der Waals surface area contributed by atoms with E-state index >= 15 is 0 Å². The van der Waals surface area contributed by atoms with Crippen LogP contribution >= 0.6 is 0 Å². The number of para-hydroxylation sites is 1. The fourth-order valence-corrected chi connectivity index (χ4v) is 3.65. The Morgan fingerprint density at radius 1 is 0.792 bits per heavy atom. The summed E-state index contributed by atoms with van der Waals surface area (Å²) in [5, 5.41) is 2.64. The summed E-state index contributed by atoms with van der Waals surface area (Å²) in [7, 11) is 2.13. The fourth-order valence-electron chi connectivity index (χ4n) is 3.65. The molecule has 24 heavy (non-hydrogen) atoms. The van der Waals surface area contributed by atoms with E-state index in [1.54, 1.807) is 0 Å². The topological polar surface area (TPSA) is 8.81 Å². The van der Waals surface area contributed by atoms with Gasteiger partial charge >= 0.3 is 0 Å². The summed E-state index contributed by atoms with van der Waals surface area (Å²) in [6, 6.07) is 15.5. The van der Waals surface area contributed by atoms with E-state index < -0.39 is 0 Å². The zero-order valence-corrected chi connectivity index (χ0v) is 15.0. The van der Waals surface area contributed by atoms with Crippen LogP contribution in [0.3, 0.4) is 0 Å². The largest absolute Gasteiger partial charge is 0.286 e. The summed E-state index contributed by atoms with van der Waals surface area (Å²) in [6.45, 7) is 8.77. The lowest BCUT2D eigenvalue weighted by Gasteiger charge is -2.09. The summed E-state index contributed by atoms with van der Waals surface area (Å²) in [6.07, 6.45) is 2.22. The van der Waals surface area contributed by atoms with Crippen molar-refractivity contribution in [3.8, 4) is 5.82 Å². The van der Waals surface area contributed by atoms with Gasteiger partial charge in [0.05, 0.1) is 13.2 Å². The van der Waals surface area contributed by atoms with Gasteiger partial charge in [0.2, 0.25) is 0 Å². The minimum Gasteiger partial charge on any atom is -0.236 e. The first-order valence-corrected chi connectivity index (χ1v) is 8.45. The smallest absolute Gasteiger partial charge is 0.236 e. The van der Waals surface area contributed by atoms with Crippen LogP contribution in [-0.2, 0) is 7.05 Å². The minimum atomic E-state index is 1.21. The molecule has 2 aromatic heterocycles. The summed E-state index contributed by atoms with van der Waals surface area (Å²) in [4.78, 5) is 0. The monoisotopic (exact) mass is 315 g/mol. The number of hydrogen-bond acceptors (Lipinski definition) is 0. The Morgan fingerprint density at radius 3 is 2.33 bits per heavy atom. The molecule has 0 bridgehead atoms. The average molecular weight is 315 g/mol. The number of rotatable bonds is 1. The molecule has 0 fully saturated rings. The van der Waals surface area contributed by atoms with Crippen LogP contribution in [-0.4, -0.2) is 4.57 Å². The van der Waals surface area contributed by atoms with Crippen molar-refractivity contribution < 1.29 is 4.57 Å². The quantitative estimate of drug-likeness (QED) is 0.444.